The quantitative estimate of drug-likeness (QED) is 0.0742. The van der Waals surface area contributed by atoms with Crippen LogP contribution in [0.25, 0.3) is 22.0 Å². The van der Waals surface area contributed by atoms with Gasteiger partial charge in [0.1, 0.15) is 17.0 Å². The summed E-state index contributed by atoms with van der Waals surface area (Å²) >= 11 is 9.59. The summed E-state index contributed by atoms with van der Waals surface area (Å²) in [7, 11) is 1.46. The highest BCUT2D eigenvalue weighted by Crippen LogP contribution is 2.34. The number of amides is 1. The third-order valence-electron chi connectivity index (χ3n) is 6.28. The number of nitrogens with one attached hydrogen (secondary N) is 2. The number of fused-ring (bicyclic) bond motifs is 1. The predicted octanol–water partition coefficient (Wildman–Crippen LogP) is 7.64. The first-order valence-electron chi connectivity index (χ1n) is 12.9. The van der Waals surface area contributed by atoms with Crippen molar-refractivity contribution in [1.29, 1.82) is 0 Å². The molecule has 4 aromatic carbocycles. The van der Waals surface area contributed by atoms with Crippen LogP contribution >= 0.6 is 27.5 Å². The largest absolute Gasteiger partial charge is 0.496 e. The van der Waals surface area contributed by atoms with E-state index < -0.39 is 11.9 Å². The van der Waals surface area contributed by atoms with Crippen LogP contribution in [0.5, 0.6) is 17.2 Å². The number of benzene rings is 4. The number of aromatic amines is 1. The maximum absolute atomic E-state index is 13.3. The summed E-state index contributed by atoms with van der Waals surface area (Å²) in [4.78, 5) is 29.4. The van der Waals surface area contributed by atoms with Gasteiger partial charge in [-0.25, -0.2) is 10.2 Å². The van der Waals surface area contributed by atoms with E-state index in [1.807, 2.05) is 55.5 Å². The topological polar surface area (TPSA) is 102 Å². The van der Waals surface area contributed by atoms with Gasteiger partial charge in [-0.05, 0) is 72.6 Å². The smallest absolute Gasteiger partial charge is 0.347 e. The van der Waals surface area contributed by atoms with E-state index >= 15 is 0 Å². The van der Waals surface area contributed by atoms with E-state index in [1.54, 1.807) is 30.3 Å². The molecule has 0 saturated heterocycles. The zero-order valence-electron chi connectivity index (χ0n) is 22.6. The van der Waals surface area contributed by atoms with Gasteiger partial charge in [-0.2, -0.15) is 5.10 Å². The number of methoxy groups -OCH3 is 1. The minimum atomic E-state index is -0.649. The fraction of sp³-hybridized carbons (Fsp3) is 0.0938. The Hall–Kier alpha value is -4.60. The summed E-state index contributed by atoms with van der Waals surface area (Å²) in [5.41, 5.74) is 6.30. The fourth-order valence-electron chi connectivity index (χ4n) is 4.41. The Kier molecular flexibility index (Phi) is 8.90. The zero-order valence-corrected chi connectivity index (χ0v) is 25.0. The van der Waals surface area contributed by atoms with Crippen molar-refractivity contribution in [1.82, 2.24) is 10.4 Å². The molecule has 0 atom stereocenters. The Bertz CT molecular complexity index is 1800. The molecule has 2 N–H and O–H groups in total. The molecule has 212 valence electrons. The number of hydrogen-bond acceptors (Lipinski definition) is 6. The van der Waals surface area contributed by atoms with Crippen LogP contribution < -0.4 is 19.6 Å². The molecule has 0 aliphatic rings. The molecule has 0 radical (unpaired) electrons. The van der Waals surface area contributed by atoms with Crippen molar-refractivity contribution in [3.05, 3.63) is 111 Å². The summed E-state index contributed by atoms with van der Waals surface area (Å²) in [6.07, 6.45) is 1.48. The normalized spacial score (nSPS) is 11.0. The maximum atomic E-state index is 13.3. The summed E-state index contributed by atoms with van der Waals surface area (Å²) < 4.78 is 17.5. The van der Waals surface area contributed by atoms with Crippen molar-refractivity contribution < 1.29 is 23.8 Å². The third kappa shape index (κ3) is 6.32. The molecule has 1 heterocycles. The summed E-state index contributed by atoms with van der Waals surface area (Å²) in [5.74, 6) is -0.177. The van der Waals surface area contributed by atoms with Crippen LogP contribution in [-0.4, -0.2) is 36.8 Å². The number of rotatable bonds is 9. The van der Waals surface area contributed by atoms with Crippen molar-refractivity contribution in [2.75, 3.05) is 13.7 Å². The number of halogens is 2. The lowest BCUT2D eigenvalue weighted by molar-refractivity contribution is 0.0724. The first-order valence-corrected chi connectivity index (χ1v) is 14.1. The minimum absolute atomic E-state index is 0.181. The van der Waals surface area contributed by atoms with Gasteiger partial charge >= 0.3 is 5.97 Å². The lowest BCUT2D eigenvalue weighted by Crippen LogP contribution is -2.18. The average molecular weight is 647 g/mol. The molecular formula is C32H25BrClN3O5. The predicted molar refractivity (Wildman–Crippen MR) is 167 cm³/mol. The van der Waals surface area contributed by atoms with Crippen molar-refractivity contribution in [3.63, 3.8) is 0 Å². The fourth-order valence-corrected chi connectivity index (χ4v) is 4.95. The van der Waals surface area contributed by atoms with Gasteiger partial charge in [0, 0.05) is 26.0 Å². The molecule has 1 aromatic heterocycles. The van der Waals surface area contributed by atoms with Crippen LogP contribution in [0.4, 0.5) is 0 Å². The van der Waals surface area contributed by atoms with E-state index in [9.17, 15) is 9.59 Å². The molecule has 42 heavy (non-hydrogen) atoms. The van der Waals surface area contributed by atoms with Gasteiger partial charge < -0.3 is 19.2 Å². The number of hydrazone groups is 1. The van der Waals surface area contributed by atoms with Gasteiger partial charge in [-0.3, -0.25) is 4.79 Å². The summed E-state index contributed by atoms with van der Waals surface area (Å²) in [5, 5.41) is 5.45. The molecule has 5 aromatic rings. The van der Waals surface area contributed by atoms with Crippen molar-refractivity contribution in [2.45, 2.75) is 6.92 Å². The summed E-state index contributed by atoms with van der Waals surface area (Å²) in [6, 6.07) is 25.1. The number of aromatic nitrogens is 1. The Morgan fingerprint density at radius 2 is 1.76 bits per heavy atom. The molecular weight excluding hydrogens is 622 g/mol. The molecule has 1 amide bonds. The Morgan fingerprint density at radius 3 is 2.52 bits per heavy atom. The van der Waals surface area contributed by atoms with Crippen LogP contribution in [0.15, 0.2) is 94.5 Å². The third-order valence-corrected chi connectivity index (χ3v) is 7.01. The first kappa shape index (κ1) is 28.9. The molecule has 0 unspecified atom stereocenters. The molecule has 8 nitrogen and oxygen atoms in total. The highest BCUT2D eigenvalue weighted by Gasteiger charge is 2.20. The Morgan fingerprint density at radius 1 is 0.976 bits per heavy atom. The molecule has 0 aliphatic heterocycles. The van der Waals surface area contributed by atoms with E-state index in [0.717, 1.165) is 26.5 Å². The molecule has 0 bridgehead atoms. The van der Waals surface area contributed by atoms with Crippen molar-refractivity contribution in [3.8, 4) is 28.4 Å². The second-order valence-corrected chi connectivity index (χ2v) is 10.4. The minimum Gasteiger partial charge on any atom is -0.496 e. The molecule has 10 heteroatoms. The first-order chi connectivity index (χ1) is 20.4. The van der Waals surface area contributed by atoms with E-state index in [-0.39, 0.29) is 11.3 Å². The van der Waals surface area contributed by atoms with Crippen molar-refractivity contribution in [2.24, 2.45) is 5.10 Å². The van der Waals surface area contributed by atoms with Gasteiger partial charge in [0.05, 0.1) is 19.9 Å². The van der Waals surface area contributed by atoms with Gasteiger partial charge in [0.25, 0.3) is 5.91 Å². The second kappa shape index (κ2) is 12.9. The van der Waals surface area contributed by atoms with E-state index in [4.69, 9.17) is 25.8 Å². The zero-order chi connectivity index (χ0) is 29.6. The Labute approximate surface area is 255 Å². The standard InChI is InChI=1S/C32H25BrClN3O5/c1-3-41-28-15-19(9-13-27(28)42-32(39)24-17-22(34)11-14-26(24)40-2)18-35-37-31(38)30-29(20-7-5-4-6-8-20)23-16-21(33)10-12-25(23)36-30/h4-18,36H,3H2,1-2H3,(H,37,38). The van der Waals surface area contributed by atoms with Gasteiger partial charge in [-0.15, -0.1) is 0 Å². The molecule has 0 spiro atoms. The number of esters is 1. The molecule has 0 fully saturated rings. The average Bonchev–Trinajstić information content (AvgIpc) is 3.37. The number of nitrogens with zero attached hydrogens (tertiary/aromatic N) is 1. The number of carbonyl (C=O) groups excluding carboxylic acids is 2. The summed E-state index contributed by atoms with van der Waals surface area (Å²) in [6.45, 7) is 2.15. The molecule has 5 rings (SSSR count). The van der Waals surface area contributed by atoms with Crippen LogP contribution in [0.2, 0.25) is 5.02 Å². The van der Waals surface area contributed by atoms with Crippen LogP contribution in [0.1, 0.15) is 33.3 Å². The highest BCUT2D eigenvalue weighted by atomic mass is 79.9. The lowest BCUT2D eigenvalue weighted by atomic mass is 10.0. The van der Waals surface area contributed by atoms with Gasteiger partial charge in [-0.1, -0.05) is 57.9 Å². The van der Waals surface area contributed by atoms with Crippen LogP contribution in [-0.2, 0) is 0 Å². The number of hydrogen-bond donors (Lipinski definition) is 2. The van der Waals surface area contributed by atoms with E-state index in [2.05, 4.69) is 31.4 Å². The maximum Gasteiger partial charge on any atom is 0.347 e. The Balaban J connectivity index is 1.36. The van der Waals surface area contributed by atoms with Crippen LogP contribution in [0.3, 0.4) is 0 Å². The molecule has 0 aliphatic carbocycles. The van der Waals surface area contributed by atoms with Gasteiger partial charge in [0.15, 0.2) is 11.5 Å². The molecule has 0 saturated carbocycles. The highest BCUT2D eigenvalue weighted by molar-refractivity contribution is 9.10. The SMILES string of the molecule is CCOc1cc(C=NNC(=O)c2[nH]c3ccc(Br)cc3c2-c2ccccc2)ccc1OC(=O)c1cc(Cl)ccc1OC. The van der Waals surface area contributed by atoms with E-state index in [0.29, 0.717) is 34.4 Å². The second-order valence-electron chi connectivity index (χ2n) is 9.00. The number of carbonyl (C=O) groups is 2. The van der Waals surface area contributed by atoms with E-state index in [1.165, 1.54) is 19.4 Å². The number of ether oxygens (including phenoxy) is 3. The monoisotopic (exact) mass is 645 g/mol. The van der Waals surface area contributed by atoms with Crippen molar-refractivity contribution >= 4 is 56.5 Å². The number of H-pyrrole nitrogens is 1. The van der Waals surface area contributed by atoms with Gasteiger partial charge in [0.2, 0.25) is 0 Å². The lowest BCUT2D eigenvalue weighted by Gasteiger charge is -2.13. The van der Waals surface area contributed by atoms with Crippen LogP contribution in [0, 0.1) is 0 Å².